The van der Waals surface area contributed by atoms with Crippen LogP contribution in [-0.2, 0) is 12.8 Å². The summed E-state index contributed by atoms with van der Waals surface area (Å²) in [4.78, 5) is 1.70. The Balaban J connectivity index is 1.74. The number of rotatable bonds is 2. The summed E-state index contributed by atoms with van der Waals surface area (Å²) < 4.78 is 1.37. The van der Waals surface area contributed by atoms with E-state index >= 15 is 0 Å². The normalized spacial score (nSPS) is 15.4. The van der Waals surface area contributed by atoms with Crippen molar-refractivity contribution >= 4 is 37.4 Å². The molecule has 100 valence electrons. The maximum Gasteiger partial charge on any atom is 0.0738 e. The summed E-state index contributed by atoms with van der Waals surface area (Å²) in [5, 5.41) is 1.35. The lowest BCUT2D eigenvalue weighted by molar-refractivity contribution is 0.911. The lowest BCUT2D eigenvalue weighted by Gasteiger charge is -2.10. The van der Waals surface area contributed by atoms with Gasteiger partial charge in [-0.15, -0.1) is 11.3 Å². The van der Waals surface area contributed by atoms with E-state index in [1.54, 1.807) is 11.1 Å². The fourth-order valence-corrected chi connectivity index (χ4v) is 4.81. The second-order valence-electron chi connectivity index (χ2n) is 5.43. The molecule has 0 radical (unpaired) electrons. The van der Waals surface area contributed by atoms with E-state index in [1.165, 1.54) is 39.8 Å². The van der Waals surface area contributed by atoms with Crippen molar-refractivity contribution in [2.45, 2.75) is 24.1 Å². The molecule has 0 saturated carbocycles. The molecule has 1 heterocycles. The number of alkyl halides is 1. The van der Waals surface area contributed by atoms with Crippen molar-refractivity contribution in [3.8, 4) is 0 Å². The highest BCUT2D eigenvalue weighted by Crippen LogP contribution is 2.39. The first kappa shape index (κ1) is 12.6. The minimum atomic E-state index is 0.311. The topological polar surface area (TPSA) is 0 Å². The number of aryl methyl sites for hydroxylation is 2. The minimum Gasteiger partial charge on any atom is -0.139 e. The lowest BCUT2D eigenvalue weighted by Crippen LogP contribution is -1.92. The Morgan fingerprint density at radius 1 is 0.950 bits per heavy atom. The smallest absolute Gasteiger partial charge is 0.0738 e. The van der Waals surface area contributed by atoms with Gasteiger partial charge in [-0.05, 0) is 53.5 Å². The maximum atomic E-state index is 3.89. The Labute approximate surface area is 131 Å². The number of hydrogen-bond acceptors (Lipinski definition) is 1. The van der Waals surface area contributed by atoms with Gasteiger partial charge in [0.2, 0.25) is 0 Å². The molecule has 2 heteroatoms. The fourth-order valence-electron chi connectivity index (χ4n) is 3.04. The molecule has 2 aromatic carbocycles. The number of benzene rings is 2. The van der Waals surface area contributed by atoms with Gasteiger partial charge in [-0.3, -0.25) is 0 Å². The number of halogens is 1. The van der Waals surface area contributed by atoms with E-state index in [9.17, 15) is 0 Å². The van der Waals surface area contributed by atoms with Crippen molar-refractivity contribution in [3.05, 3.63) is 70.1 Å². The number of thiophene rings is 1. The van der Waals surface area contributed by atoms with Crippen LogP contribution in [0.25, 0.3) is 10.1 Å². The molecule has 0 nitrogen and oxygen atoms in total. The largest absolute Gasteiger partial charge is 0.139 e. The first-order valence-electron chi connectivity index (χ1n) is 7.05. The molecule has 3 aromatic rings. The molecule has 1 aliphatic rings. The van der Waals surface area contributed by atoms with Crippen molar-refractivity contribution in [2.75, 3.05) is 0 Å². The average Bonchev–Trinajstić information content (AvgIpc) is 3.11. The van der Waals surface area contributed by atoms with Crippen LogP contribution in [0.2, 0.25) is 0 Å². The van der Waals surface area contributed by atoms with Crippen molar-refractivity contribution < 1.29 is 0 Å². The first-order valence-corrected chi connectivity index (χ1v) is 8.79. The Hall–Kier alpha value is -1.12. The van der Waals surface area contributed by atoms with Gasteiger partial charge >= 0.3 is 0 Å². The van der Waals surface area contributed by atoms with Crippen molar-refractivity contribution in [3.63, 3.8) is 0 Å². The van der Waals surface area contributed by atoms with Gasteiger partial charge in [0.15, 0.2) is 0 Å². The predicted molar refractivity (Wildman–Crippen MR) is 91.1 cm³/mol. The molecule has 0 spiro atoms. The van der Waals surface area contributed by atoms with Gasteiger partial charge in [0.25, 0.3) is 0 Å². The van der Waals surface area contributed by atoms with Gasteiger partial charge in [-0.2, -0.15) is 0 Å². The number of hydrogen-bond donors (Lipinski definition) is 0. The van der Waals surface area contributed by atoms with Gasteiger partial charge in [0.05, 0.1) is 4.83 Å². The summed E-state index contributed by atoms with van der Waals surface area (Å²) in [6, 6.07) is 17.9. The lowest BCUT2D eigenvalue weighted by atomic mass is 10.0. The van der Waals surface area contributed by atoms with E-state index in [4.69, 9.17) is 0 Å². The Bertz CT molecular complexity index is 739. The van der Waals surface area contributed by atoms with Gasteiger partial charge in [-0.1, -0.05) is 52.3 Å². The van der Waals surface area contributed by atoms with Crippen molar-refractivity contribution in [1.82, 2.24) is 0 Å². The third-order valence-electron chi connectivity index (χ3n) is 4.11. The molecular weight excluding hydrogens is 328 g/mol. The van der Waals surface area contributed by atoms with Crippen LogP contribution in [0, 0.1) is 0 Å². The second-order valence-corrected chi connectivity index (χ2v) is 7.46. The molecule has 0 fully saturated rings. The molecule has 0 N–H and O–H groups in total. The quantitative estimate of drug-likeness (QED) is 0.510. The maximum absolute atomic E-state index is 3.89. The van der Waals surface area contributed by atoms with E-state index in [0.29, 0.717) is 4.83 Å². The zero-order valence-corrected chi connectivity index (χ0v) is 13.5. The molecule has 0 saturated heterocycles. The molecule has 1 atom stereocenters. The first-order chi connectivity index (χ1) is 9.81. The van der Waals surface area contributed by atoms with Crippen LogP contribution in [0.1, 0.15) is 32.8 Å². The molecule has 0 bridgehead atoms. The van der Waals surface area contributed by atoms with Crippen LogP contribution in [0.15, 0.2) is 48.5 Å². The molecule has 1 aromatic heterocycles. The summed E-state index contributed by atoms with van der Waals surface area (Å²) in [7, 11) is 0. The summed E-state index contributed by atoms with van der Waals surface area (Å²) in [6.45, 7) is 0. The third kappa shape index (κ3) is 2.11. The highest BCUT2D eigenvalue weighted by atomic mass is 79.9. The molecular formula is C18H15BrS. The van der Waals surface area contributed by atoms with Crippen LogP contribution in [-0.4, -0.2) is 0 Å². The van der Waals surface area contributed by atoms with Gasteiger partial charge in [0, 0.05) is 9.58 Å². The van der Waals surface area contributed by atoms with Crippen LogP contribution in [0.5, 0.6) is 0 Å². The van der Waals surface area contributed by atoms with Crippen LogP contribution < -0.4 is 0 Å². The highest BCUT2D eigenvalue weighted by Gasteiger charge is 2.17. The Morgan fingerprint density at radius 3 is 2.70 bits per heavy atom. The summed E-state index contributed by atoms with van der Waals surface area (Å²) in [5.74, 6) is 0. The zero-order valence-electron chi connectivity index (χ0n) is 11.1. The van der Waals surface area contributed by atoms with E-state index in [2.05, 4.69) is 64.5 Å². The molecule has 1 unspecified atom stereocenters. The van der Waals surface area contributed by atoms with Gasteiger partial charge in [0.1, 0.15) is 0 Å². The monoisotopic (exact) mass is 342 g/mol. The molecule has 4 rings (SSSR count). The van der Waals surface area contributed by atoms with Gasteiger partial charge in [-0.25, -0.2) is 0 Å². The van der Waals surface area contributed by atoms with Crippen LogP contribution in [0.3, 0.4) is 0 Å². The summed E-state index contributed by atoms with van der Waals surface area (Å²) >= 11 is 5.78. The fraction of sp³-hybridized carbons (Fsp3) is 0.222. The summed E-state index contributed by atoms with van der Waals surface area (Å²) in [5.41, 5.74) is 4.48. The molecule has 0 amide bonds. The molecule has 1 aliphatic carbocycles. The standard InChI is InChI=1S/C18H15BrS/c19-18(15-9-8-12-5-3-6-13(12)10-15)17-11-14-4-1-2-7-16(14)20-17/h1-2,4,7-11,18H,3,5-6H2. The zero-order chi connectivity index (χ0) is 13.5. The van der Waals surface area contributed by atoms with E-state index in [0.717, 1.165) is 0 Å². The second kappa shape index (κ2) is 5.01. The summed E-state index contributed by atoms with van der Waals surface area (Å²) in [6.07, 6.45) is 3.81. The predicted octanol–water partition coefficient (Wildman–Crippen LogP) is 5.87. The van der Waals surface area contributed by atoms with E-state index in [1.807, 2.05) is 11.3 Å². The SMILES string of the molecule is BrC(c1ccc2c(c1)CCC2)c1cc2ccccc2s1. The third-order valence-corrected chi connectivity index (χ3v) is 6.62. The van der Waals surface area contributed by atoms with Gasteiger partial charge < -0.3 is 0 Å². The average molecular weight is 343 g/mol. The van der Waals surface area contributed by atoms with Crippen molar-refractivity contribution in [2.24, 2.45) is 0 Å². The van der Waals surface area contributed by atoms with E-state index in [-0.39, 0.29) is 0 Å². The Morgan fingerprint density at radius 2 is 1.80 bits per heavy atom. The van der Waals surface area contributed by atoms with Crippen molar-refractivity contribution in [1.29, 1.82) is 0 Å². The molecule has 0 aliphatic heterocycles. The van der Waals surface area contributed by atoms with E-state index < -0.39 is 0 Å². The Kier molecular flexibility index (Phi) is 3.16. The molecule has 20 heavy (non-hydrogen) atoms. The number of fused-ring (bicyclic) bond motifs is 2. The minimum absolute atomic E-state index is 0.311. The van der Waals surface area contributed by atoms with Crippen LogP contribution in [0.4, 0.5) is 0 Å². The van der Waals surface area contributed by atoms with Crippen LogP contribution >= 0.6 is 27.3 Å². The highest BCUT2D eigenvalue weighted by molar-refractivity contribution is 9.09.